The minimum Gasteiger partial charge on any atom is -0.452 e. The molecule has 0 aromatic heterocycles. The Morgan fingerprint density at radius 1 is 0.543 bits per heavy atom. The summed E-state index contributed by atoms with van der Waals surface area (Å²) in [5.74, 6) is -3.39. The van der Waals surface area contributed by atoms with Crippen LogP contribution in [0.15, 0.2) is 126 Å². The van der Waals surface area contributed by atoms with Crippen molar-refractivity contribution in [3.05, 3.63) is 154 Å². The van der Waals surface area contributed by atoms with Crippen LogP contribution in [0.3, 0.4) is 0 Å². The summed E-state index contributed by atoms with van der Waals surface area (Å²) in [5, 5.41) is 3.58. The van der Waals surface area contributed by atoms with E-state index in [4.69, 9.17) is 29.2 Å². The number of nitrogens with zero attached hydrogens (tertiary/aromatic N) is 3. The van der Waals surface area contributed by atoms with Crippen molar-refractivity contribution in [2.45, 2.75) is 30.7 Å². The highest BCUT2D eigenvalue weighted by atomic mass is 16.7. The second kappa shape index (κ2) is 15.2. The van der Waals surface area contributed by atoms with Crippen molar-refractivity contribution in [3.8, 4) is 0 Å². The van der Waals surface area contributed by atoms with E-state index in [-0.39, 0.29) is 22.3 Å². The summed E-state index contributed by atoms with van der Waals surface area (Å²) < 4.78 is 29.3. The van der Waals surface area contributed by atoms with Crippen molar-refractivity contribution in [1.82, 2.24) is 0 Å². The van der Waals surface area contributed by atoms with Crippen molar-refractivity contribution in [2.75, 3.05) is 6.54 Å². The van der Waals surface area contributed by atoms with Gasteiger partial charge in [0.25, 0.3) is 0 Å². The molecule has 0 N–H and O–H groups in total. The third kappa shape index (κ3) is 7.75. The van der Waals surface area contributed by atoms with E-state index < -0.39 is 61.1 Å². The van der Waals surface area contributed by atoms with Gasteiger partial charge in [-0.3, -0.25) is 0 Å². The van der Waals surface area contributed by atoms with Crippen LogP contribution >= 0.6 is 0 Å². The molecule has 4 aromatic carbocycles. The first-order valence-corrected chi connectivity index (χ1v) is 14.1. The van der Waals surface area contributed by atoms with Crippen LogP contribution in [0.2, 0.25) is 0 Å². The van der Waals surface area contributed by atoms with Crippen LogP contribution in [-0.2, 0) is 23.7 Å². The fourth-order valence-electron chi connectivity index (χ4n) is 4.68. The van der Waals surface area contributed by atoms with Gasteiger partial charge in [-0.1, -0.05) is 77.9 Å². The number of hydrogen-bond acceptors (Lipinski definition) is 10. The fraction of sp³-hybridized carbons (Fsp3) is 0.176. The Morgan fingerprint density at radius 2 is 0.891 bits per heavy atom. The quantitative estimate of drug-likeness (QED) is 0.0725. The minimum absolute atomic E-state index is 0.137. The topological polar surface area (TPSA) is 163 Å². The molecule has 0 spiro atoms. The molecule has 4 aromatic rings. The standard InChI is InChI=1S/C34H27N3O9/c35-37-36-21-26-27(43-30(38)22-13-5-1-6-14-22)28(44-31(39)23-15-7-2-8-16-23)29(45-32(40)24-17-9-3-10-18-24)34(42-26)46-33(41)25-19-11-4-12-20-25/h1-20,26-29,34H,21H2/t26-,27+,28+,29-,34?/m0/s1. The zero-order valence-corrected chi connectivity index (χ0v) is 24.2. The third-order valence-corrected chi connectivity index (χ3v) is 6.91. The van der Waals surface area contributed by atoms with E-state index in [2.05, 4.69) is 10.0 Å². The molecule has 0 saturated carbocycles. The number of benzene rings is 4. The van der Waals surface area contributed by atoms with Crippen molar-refractivity contribution in [2.24, 2.45) is 5.11 Å². The lowest BCUT2D eigenvalue weighted by atomic mass is 9.97. The maximum absolute atomic E-state index is 13.5. The molecule has 5 atom stereocenters. The molecule has 1 heterocycles. The van der Waals surface area contributed by atoms with Gasteiger partial charge in [-0.05, 0) is 54.1 Å². The smallest absolute Gasteiger partial charge is 0.340 e. The molecule has 0 radical (unpaired) electrons. The largest absolute Gasteiger partial charge is 0.452 e. The molecule has 12 nitrogen and oxygen atoms in total. The summed E-state index contributed by atoms with van der Waals surface area (Å²) in [4.78, 5) is 56.1. The predicted molar refractivity (Wildman–Crippen MR) is 161 cm³/mol. The Hall–Kier alpha value is -5.97. The lowest BCUT2D eigenvalue weighted by Crippen LogP contribution is -2.63. The van der Waals surface area contributed by atoms with Crippen LogP contribution < -0.4 is 0 Å². The van der Waals surface area contributed by atoms with Gasteiger partial charge in [0.05, 0.1) is 28.8 Å². The van der Waals surface area contributed by atoms with E-state index in [0.717, 1.165) is 0 Å². The summed E-state index contributed by atoms with van der Waals surface area (Å²) >= 11 is 0. The van der Waals surface area contributed by atoms with Gasteiger partial charge in [-0.2, -0.15) is 0 Å². The zero-order chi connectivity index (χ0) is 32.3. The number of esters is 4. The number of hydrogen-bond donors (Lipinski definition) is 0. The van der Waals surface area contributed by atoms with Gasteiger partial charge in [0.15, 0.2) is 12.2 Å². The van der Waals surface area contributed by atoms with Crippen molar-refractivity contribution in [3.63, 3.8) is 0 Å². The molecular weight excluding hydrogens is 594 g/mol. The molecule has 12 heteroatoms. The van der Waals surface area contributed by atoms with Gasteiger partial charge in [-0.25, -0.2) is 19.2 Å². The Balaban J connectivity index is 1.57. The van der Waals surface area contributed by atoms with E-state index in [9.17, 15) is 19.2 Å². The Bertz CT molecular complexity index is 1700. The summed E-state index contributed by atoms with van der Waals surface area (Å²) in [6.07, 6.45) is -7.75. The maximum atomic E-state index is 13.5. The number of rotatable bonds is 10. The Labute approximate surface area is 263 Å². The summed E-state index contributed by atoms with van der Waals surface area (Å²) in [7, 11) is 0. The first kappa shape index (κ1) is 31.5. The lowest BCUT2D eigenvalue weighted by molar-refractivity contribution is -0.275. The zero-order valence-electron chi connectivity index (χ0n) is 24.2. The Kier molecular flexibility index (Phi) is 10.4. The average Bonchev–Trinajstić information content (AvgIpc) is 3.11. The average molecular weight is 622 g/mol. The molecule has 0 bridgehead atoms. The molecule has 1 fully saturated rings. The summed E-state index contributed by atoms with van der Waals surface area (Å²) in [5.41, 5.74) is 9.71. The van der Waals surface area contributed by atoms with Crippen LogP contribution in [-0.4, -0.2) is 61.1 Å². The number of azide groups is 1. The van der Waals surface area contributed by atoms with E-state index in [1.807, 2.05) is 0 Å². The van der Waals surface area contributed by atoms with Crippen LogP contribution in [0.5, 0.6) is 0 Å². The van der Waals surface area contributed by atoms with Gasteiger partial charge in [-0.15, -0.1) is 0 Å². The predicted octanol–water partition coefficient (Wildman–Crippen LogP) is 5.56. The van der Waals surface area contributed by atoms with Gasteiger partial charge in [0.1, 0.15) is 6.10 Å². The van der Waals surface area contributed by atoms with Crippen molar-refractivity contribution >= 4 is 23.9 Å². The SMILES string of the molecule is [N-]=[N+]=NC[C@@H]1OC(OC(=O)c2ccccc2)[C@@H](OC(=O)c2ccccc2)[C@H](OC(=O)c2ccccc2)[C@@H]1OC(=O)c1ccccc1. The van der Waals surface area contributed by atoms with Gasteiger partial charge >= 0.3 is 23.9 Å². The van der Waals surface area contributed by atoms with Crippen LogP contribution in [0.25, 0.3) is 10.4 Å². The number of carbonyl (C=O) groups excluding carboxylic acids is 4. The highest BCUT2D eigenvalue weighted by molar-refractivity contribution is 5.92. The van der Waals surface area contributed by atoms with E-state index in [0.29, 0.717) is 0 Å². The van der Waals surface area contributed by atoms with E-state index in [1.165, 1.54) is 48.5 Å². The molecular formula is C34H27N3O9. The van der Waals surface area contributed by atoms with Gasteiger partial charge in [0, 0.05) is 4.91 Å². The molecule has 232 valence electrons. The van der Waals surface area contributed by atoms with Gasteiger partial charge in [0.2, 0.25) is 12.4 Å². The molecule has 1 saturated heterocycles. The van der Waals surface area contributed by atoms with Crippen LogP contribution in [0, 0.1) is 0 Å². The molecule has 0 amide bonds. The first-order chi connectivity index (χ1) is 22.4. The first-order valence-electron chi connectivity index (χ1n) is 14.1. The summed E-state index contributed by atoms with van der Waals surface area (Å²) in [6, 6.07) is 31.8. The summed E-state index contributed by atoms with van der Waals surface area (Å²) in [6.45, 7) is -0.429. The lowest BCUT2D eigenvalue weighted by Gasteiger charge is -2.43. The van der Waals surface area contributed by atoms with E-state index >= 15 is 0 Å². The van der Waals surface area contributed by atoms with Crippen molar-refractivity contribution in [1.29, 1.82) is 0 Å². The molecule has 1 aliphatic heterocycles. The molecule has 5 rings (SSSR count). The van der Waals surface area contributed by atoms with E-state index in [1.54, 1.807) is 72.8 Å². The molecule has 0 aliphatic carbocycles. The highest BCUT2D eigenvalue weighted by Gasteiger charge is 2.54. The second-order valence-corrected chi connectivity index (χ2v) is 9.94. The van der Waals surface area contributed by atoms with Gasteiger partial charge < -0.3 is 23.7 Å². The minimum atomic E-state index is -1.69. The molecule has 1 unspecified atom stereocenters. The molecule has 1 aliphatic rings. The normalized spacial score (nSPS) is 20.3. The van der Waals surface area contributed by atoms with Crippen LogP contribution in [0.1, 0.15) is 41.4 Å². The second-order valence-electron chi connectivity index (χ2n) is 9.94. The van der Waals surface area contributed by atoms with Crippen LogP contribution in [0.4, 0.5) is 0 Å². The molecule has 46 heavy (non-hydrogen) atoms. The van der Waals surface area contributed by atoms with Crippen molar-refractivity contribution < 1.29 is 42.9 Å². The Morgan fingerprint density at radius 3 is 1.28 bits per heavy atom. The number of ether oxygens (including phenoxy) is 5. The monoisotopic (exact) mass is 621 g/mol. The fourth-order valence-corrected chi connectivity index (χ4v) is 4.68. The number of carbonyl (C=O) groups is 4. The maximum Gasteiger partial charge on any atom is 0.340 e. The highest BCUT2D eigenvalue weighted by Crippen LogP contribution is 2.32. The third-order valence-electron chi connectivity index (χ3n) is 6.91.